The number of imide groups is 1. The molecule has 1 aliphatic heterocycles. The summed E-state index contributed by atoms with van der Waals surface area (Å²) in [7, 11) is 1.55. The molecule has 14 heavy (non-hydrogen) atoms. The van der Waals surface area contributed by atoms with E-state index in [1.54, 1.807) is 7.05 Å². The Kier molecular flexibility index (Phi) is 2.98. The Labute approximate surface area is 80.2 Å². The van der Waals surface area contributed by atoms with Crippen molar-refractivity contribution in [3.05, 3.63) is 12.2 Å². The number of carboxylic acid groups (broad SMARTS) is 1. The van der Waals surface area contributed by atoms with Crippen LogP contribution in [0.3, 0.4) is 0 Å². The molecule has 1 unspecified atom stereocenters. The van der Waals surface area contributed by atoms with Gasteiger partial charge in [-0.25, -0.2) is 4.79 Å². The minimum Gasteiger partial charge on any atom is -0.480 e. The molecular weight excluding hydrogens is 188 g/mol. The molecular formula is C8H10N2O4. The van der Waals surface area contributed by atoms with Crippen LogP contribution in [-0.4, -0.2) is 47.4 Å². The summed E-state index contributed by atoms with van der Waals surface area (Å²) in [5.41, 5.74) is 0. The Bertz CT molecular complexity index is 292. The first-order valence-corrected chi connectivity index (χ1v) is 4.00. The summed E-state index contributed by atoms with van der Waals surface area (Å²) in [5.74, 6) is -2.37. The minimum absolute atomic E-state index is 0.0362. The maximum atomic E-state index is 11.1. The Morgan fingerprint density at radius 1 is 1.50 bits per heavy atom. The molecule has 2 amide bonds. The average Bonchev–Trinajstić information content (AvgIpc) is 2.43. The first-order valence-electron chi connectivity index (χ1n) is 4.00. The largest absolute Gasteiger partial charge is 0.480 e. The smallest absolute Gasteiger partial charge is 0.328 e. The summed E-state index contributed by atoms with van der Waals surface area (Å²) in [6.07, 6.45) is 2.13. The lowest BCUT2D eigenvalue weighted by Crippen LogP contribution is -2.49. The fourth-order valence-electron chi connectivity index (χ4n) is 1.20. The quantitative estimate of drug-likeness (QED) is 0.541. The number of rotatable bonds is 4. The second-order valence-electron chi connectivity index (χ2n) is 2.79. The molecule has 0 bridgehead atoms. The summed E-state index contributed by atoms with van der Waals surface area (Å²) < 4.78 is 0. The van der Waals surface area contributed by atoms with E-state index in [0.29, 0.717) is 0 Å². The highest BCUT2D eigenvalue weighted by atomic mass is 16.4. The molecule has 0 fully saturated rings. The molecule has 0 aromatic heterocycles. The van der Waals surface area contributed by atoms with Gasteiger partial charge in [0.1, 0.15) is 6.04 Å². The van der Waals surface area contributed by atoms with Gasteiger partial charge in [-0.2, -0.15) is 0 Å². The minimum atomic E-state index is -1.20. The number of carboxylic acids is 1. The highest BCUT2D eigenvalue weighted by molar-refractivity contribution is 6.14. The molecule has 0 saturated heterocycles. The number of likely N-dealkylation sites (N-methyl/N-ethyl adjacent to an activating group) is 1. The van der Waals surface area contributed by atoms with Crippen molar-refractivity contribution in [3.63, 3.8) is 0 Å². The number of hydrogen-bond donors (Lipinski definition) is 2. The molecule has 1 heterocycles. The monoisotopic (exact) mass is 198 g/mol. The van der Waals surface area contributed by atoms with Crippen LogP contribution >= 0.6 is 0 Å². The Hall–Kier alpha value is -1.69. The van der Waals surface area contributed by atoms with Crippen molar-refractivity contribution in [2.45, 2.75) is 6.04 Å². The first-order chi connectivity index (χ1) is 6.57. The van der Waals surface area contributed by atoms with Gasteiger partial charge in [0.05, 0.1) is 0 Å². The van der Waals surface area contributed by atoms with E-state index in [1.165, 1.54) is 0 Å². The molecule has 0 aromatic rings. The fraction of sp³-hybridized carbons (Fsp3) is 0.375. The van der Waals surface area contributed by atoms with E-state index in [0.717, 1.165) is 17.1 Å². The second-order valence-corrected chi connectivity index (χ2v) is 2.79. The predicted octanol–water partition coefficient (Wildman–Crippen LogP) is -1.42. The number of nitrogens with one attached hydrogen (secondary N) is 1. The molecule has 2 N–H and O–H groups in total. The van der Waals surface area contributed by atoms with Crippen molar-refractivity contribution in [2.24, 2.45) is 0 Å². The van der Waals surface area contributed by atoms with E-state index >= 15 is 0 Å². The van der Waals surface area contributed by atoms with Crippen LogP contribution in [0, 0.1) is 0 Å². The van der Waals surface area contributed by atoms with Crippen LogP contribution in [0.1, 0.15) is 0 Å². The van der Waals surface area contributed by atoms with Crippen LogP contribution < -0.4 is 5.32 Å². The predicted molar refractivity (Wildman–Crippen MR) is 46.3 cm³/mol. The van der Waals surface area contributed by atoms with Crippen molar-refractivity contribution in [3.8, 4) is 0 Å². The Balaban J connectivity index is 2.83. The number of aliphatic carboxylic acids is 1. The zero-order valence-corrected chi connectivity index (χ0v) is 7.56. The third kappa shape index (κ3) is 1.80. The molecule has 0 radical (unpaired) electrons. The van der Waals surface area contributed by atoms with E-state index < -0.39 is 23.8 Å². The summed E-state index contributed by atoms with van der Waals surface area (Å²) in [4.78, 5) is 33.7. The van der Waals surface area contributed by atoms with Crippen LogP contribution in [0.4, 0.5) is 0 Å². The molecule has 1 aliphatic rings. The van der Waals surface area contributed by atoms with Gasteiger partial charge in [-0.15, -0.1) is 0 Å². The number of carbonyl (C=O) groups is 3. The average molecular weight is 198 g/mol. The second kappa shape index (κ2) is 4.01. The molecule has 0 spiro atoms. The van der Waals surface area contributed by atoms with Crippen LogP contribution in [0.2, 0.25) is 0 Å². The number of nitrogens with zero attached hydrogens (tertiary/aromatic N) is 1. The SMILES string of the molecule is CNCC(C(=O)O)N1C(=O)C=CC1=O. The van der Waals surface area contributed by atoms with Crippen LogP contribution in [0.5, 0.6) is 0 Å². The van der Waals surface area contributed by atoms with Crippen molar-refractivity contribution in [1.29, 1.82) is 0 Å². The lowest BCUT2D eigenvalue weighted by Gasteiger charge is -2.21. The van der Waals surface area contributed by atoms with Gasteiger partial charge in [0, 0.05) is 18.7 Å². The van der Waals surface area contributed by atoms with E-state index in [9.17, 15) is 14.4 Å². The van der Waals surface area contributed by atoms with Gasteiger partial charge in [0.2, 0.25) is 0 Å². The maximum Gasteiger partial charge on any atom is 0.328 e. The third-order valence-corrected chi connectivity index (χ3v) is 1.84. The van der Waals surface area contributed by atoms with Crippen molar-refractivity contribution >= 4 is 17.8 Å². The fourth-order valence-corrected chi connectivity index (χ4v) is 1.20. The Morgan fingerprint density at radius 3 is 2.36 bits per heavy atom. The molecule has 0 aromatic carbocycles. The van der Waals surface area contributed by atoms with Crippen molar-refractivity contribution in [1.82, 2.24) is 10.2 Å². The van der Waals surface area contributed by atoms with Crippen LogP contribution in [0.25, 0.3) is 0 Å². The Morgan fingerprint density at radius 2 is 2.00 bits per heavy atom. The van der Waals surface area contributed by atoms with E-state index in [2.05, 4.69) is 5.32 Å². The summed E-state index contributed by atoms with van der Waals surface area (Å²) in [6, 6.07) is -1.14. The van der Waals surface area contributed by atoms with Crippen LogP contribution in [0.15, 0.2) is 12.2 Å². The van der Waals surface area contributed by atoms with Gasteiger partial charge < -0.3 is 10.4 Å². The number of carbonyl (C=O) groups excluding carboxylic acids is 2. The highest BCUT2D eigenvalue weighted by Gasteiger charge is 2.35. The van der Waals surface area contributed by atoms with Gasteiger partial charge in [0.15, 0.2) is 0 Å². The van der Waals surface area contributed by atoms with E-state index in [4.69, 9.17) is 5.11 Å². The lowest BCUT2D eigenvalue weighted by molar-refractivity contribution is -0.153. The standard InChI is InChI=1S/C8H10N2O4/c1-9-4-5(8(13)14)10-6(11)2-3-7(10)12/h2-3,5,9H,4H2,1H3,(H,13,14). The zero-order chi connectivity index (χ0) is 10.7. The molecule has 1 rings (SSSR count). The first kappa shape index (κ1) is 10.4. The zero-order valence-electron chi connectivity index (χ0n) is 7.56. The molecule has 6 nitrogen and oxygen atoms in total. The van der Waals surface area contributed by atoms with E-state index in [-0.39, 0.29) is 6.54 Å². The number of hydrogen-bond acceptors (Lipinski definition) is 4. The molecule has 76 valence electrons. The molecule has 0 saturated carbocycles. The maximum absolute atomic E-state index is 11.1. The van der Waals surface area contributed by atoms with Crippen molar-refractivity contribution < 1.29 is 19.5 Å². The van der Waals surface area contributed by atoms with Gasteiger partial charge >= 0.3 is 5.97 Å². The molecule has 0 aliphatic carbocycles. The van der Waals surface area contributed by atoms with Gasteiger partial charge in [-0.1, -0.05) is 0 Å². The number of amides is 2. The lowest BCUT2D eigenvalue weighted by atomic mass is 10.2. The third-order valence-electron chi connectivity index (χ3n) is 1.84. The topological polar surface area (TPSA) is 86.7 Å². The molecule has 6 heteroatoms. The van der Waals surface area contributed by atoms with Crippen molar-refractivity contribution in [2.75, 3.05) is 13.6 Å². The highest BCUT2D eigenvalue weighted by Crippen LogP contribution is 2.08. The summed E-state index contributed by atoms with van der Waals surface area (Å²) >= 11 is 0. The molecule has 1 atom stereocenters. The van der Waals surface area contributed by atoms with Gasteiger partial charge in [0.25, 0.3) is 11.8 Å². The van der Waals surface area contributed by atoms with Crippen LogP contribution in [-0.2, 0) is 14.4 Å². The van der Waals surface area contributed by atoms with Gasteiger partial charge in [-0.05, 0) is 7.05 Å². The normalized spacial score (nSPS) is 17.6. The summed E-state index contributed by atoms with van der Waals surface area (Å²) in [5, 5.41) is 11.4. The van der Waals surface area contributed by atoms with E-state index in [1.807, 2.05) is 0 Å². The van der Waals surface area contributed by atoms with Gasteiger partial charge in [-0.3, -0.25) is 14.5 Å². The summed E-state index contributed by atoms with van der Waals surface area (Å²) in [6.45, 7) is 0.0362.